The third kappa shape index (κ3) is 2.71. The first kappa shape index (κ1) is 10.9. The number of hydrogen-bond acceptors (Lipinski definition) is 2. The van der Waals surface area contributed by atoms with Gasteiger partial charge >= 0.3 is 0 Å². The predicted octanol–water partition coefficient (Wildman–Crippen LogP) is 1.52. The molecule has 0 aromatic rings. The van der Waals surface area contributed by atoms with Gasteiger partial charge in [-0.25, -0.2) is 0 Å². The van der Waals surface area contributed by atoms with Crippen LogP contribution in [0.5, 0.6) is 0 Å². The molecule has 1 aliphatic carbocycles. The molecule has 0 spiro atoms. The Morgan fingerprint density at radius 1 is 1.00 bits per heavy atom. The average molecular weight is 210 g/mol. The Kier molecular flexibility index (Phi) is 3.62. The summed E-state index contributed by atoms with van der Waals surface area (Å²) in [5.41, 5.74) is 5.33. The summed E-state index contributed by atoms with van der Waals surface area (Å²) in [4.78, 5) is 13.6. The Labute approximate surface area is 92.0 Å². The van der Waals surface area contributed by atoms with Gasteiger partial charge in [-0.15, -0.1) is 0 Å². The summed E-state index contributed by atoms with van der Waals surface area (Å²) in [5.74, 6) is 0.0446. The largest absolute Gasteiger partial charge is 0.369 e. The van der Waals surface area contributed by atoms with Crippen LogP contribution in [0.2, 0.25) is 0 Å². The second-order valence-corrected chi connectivity index (χ2v) is 5.00. The zero-order valence-electron chi connectivity index (χ0n) is 9.45. The van der Waals surface area contributed by atoms with Crippen LogP contribution in [0.1, 0.15) is 44.9 Å². The van der Waals surface area contributed by atoms with E-state index in [2.05, 4.69) is 4.90 Å². The van der Waals surface area contributed by atoms with Gasteiger partial charge in [0.05, 0.1) is 0 Å². The highest BCUT2D eigenvalue weighted by molar-refractivity contribution is 5.76. The number of likely N-dealkylation sites (tertiary alicyclic amines) is 1. The zero-order chi connectivity index (χ0) is 10.7. The third-order valence-corrected chi connectivity index (χ3v) is 4.02. The van der Waals surface area contributed by atoms with Crippen molar-refractivity contribution in [3.63, 3.8) is 0 Å². The number of rotatable bonds is 2. The van der Waals surface area contributed by atoms with Gasteiger partial charge < -0.3 is 10.6 Å². The Hall–Kier alpha value is -0.570. The Balaban J connectivity index is 1.79. The first-order valence-corrected chi connectivity index (χ1v) is 6.31. The number of amides is 1. The molecule has 1 aliphatic heterocycles. The fourth-order valence-electron chi connectivity index (χ4n) is 3.00. The standard InChI is InChI=1S/C12H22N2O/c13-12(15)10-6-8-14(9-7-10)11-4-2-1-3-5-11/h10-11H,1-9H2,(H2,13,15). The lowest BCUT2D eigenvalue weighted by atomic mass is 9.90. The lowest BCUT2D eigenvalue weighted by Crippen LogP contribution is -2.44. The summed E-state index contributed by atoms with van der Waals surface area (Å²) < 4.78 is 0. The van der Waals surface area contributed by atoms with Crippen molar-refractivity contribution in [3.8, 4) is 0 Å². The van der Waals surface area contributed by atoms with Crippen LogP contribution in [0.4, 0.5) is 0 Å². The summed E-state index contributed by atoms with van der Waals surface area (Å²) in [7, 11) is 0. The van der Waals surface area contributed by atoms with Crippen LogP contribution in [0.15, 0.2) is 0 Å². The SMILES string of the molecule is NC(=O)C1CCN(C2CCCCC2)CC1. The molecule has 0 bridgehead atoms. The van der Waals surface area contributed by atoms with Crippen LogP contribution in [0.25, 0.3) is 0 Å². The zero-order valence-corrected chi connectivity index (χ0v) is 9.45. The van der Waals surface area contributed by atoms with Crippen molar-refractivity contribution < 1.29 is 4.79 Å². The van der Waals surface area contributed by atoms with E-state index in [0.29, 0.717) is 0 Å². The van der Waals surface area contributed by atoms with E-state index in [1.54, 1.807) is 0 Å². The lowest BCUT2D eigenvalue weighted by Gasteiger charge is -2.38. The number of piperidine rings is 1. The molecule has 2 rings (SSSR count). The third-order valence-electron chi connectivity index (χ3n) is 4.02. The summed E-state index contributed by atoms with van der Waals surface area (Å²) in [6, 6.07) is 0.799. The first-order chi connectivity index (χ1) is 7.27. The normalized spacial score (nSPS) is 26.7. The van der Waals surface area contributed by atoms with Gasteiger partial charge in [-0.1, -0.05) is 19.3 Å². The molecule has 3 nitrogen and oxygen atoms in total. The Morgan fingerprint density at radius 3 is 2.13 bits per heavy atom. The first-order valence-electron chi connectivity index (χ1n) is 6.31. The van der Waals surface area contributed by atoms with Gasteiger partial charge in [0, 0.05) is 12.0 Å². The number of primary amides is 1. The van der Waals surface area contributed by atoms with Crippen LogP contribution < -0.4 is 5.73 Å². The van der Waals surface area contributed by atoms with Gasteiger partial charge in [0.2, 0.25) is 5.91 Å². The second kappa shape index (κ2) is 4.97. The summed E-state index contributed by atoms with van der Waals surface area (Å²) in [5, 5.41) is 0. The van der Waals surface area contributed by atoms with Gasteiger partial charge in [-0.05, 0) is 38.8 Å². The predicted molar refractivity (Wildman–Crippen MR) is 60.4 cm³/mol. The second-order valence-electron chi connectivity index (χ2n) is 5.00. The van der Waals surface area contributed by atoms with Crippen molar-refractivity contribution >= 4 is 5.91 Å². The maximum atomic E-state index is 11.0. The number of carbonyl (C=O) groups is 1. The van der Waals surface area contributed by atoms with Crippen molar-refractivity contribution in [2.75, 3.05) is 13.1 Å². The van der Waals surface area contributed by atoms with E-state index in [1.165, 1.54) is 32.1 Å². The highest BCUT2D eigenvalue weighted by atomic mass is 16.1. The van der Waals surface area contributed by atoms with E-state index in [4.69, 9.17) is 5.73 Å². The quantitative estimate of drug-likeness (QED) is 0.751. The van der Waals surface area contributed by atoms with Crippen molar-refractivity contribution in [1.82, 2.24) is 4.90 Å². The molecule has 1 saturated heterocycles. The van der Waals surface area contributed by atoms with Crippen LogP contribution >= 0.6 is 0 Å². The molecule has 0 unspecified atom stereocenters. The smallest absolute Gasteiger partial charge is 0.220 e. The van der Waals surface area contributed by atoms with E-state index in [9.17, 15) is 4.79 Å². The number of hydrogen-bond donors (Lipinski definition) is 1. The van der Waals surface area contributed by atoms with Crippen molar-refractivity contribution in [2.45, 2.75) is 51.0 Å². The van der Waals surface area contributed by atoms with Crippen LogP contribution in [0, 0.1) is 5.92 Å². The van der Waals surface area contributed by atoms with Gasteiger partial charge in [-0.3, -0.25) is 4.79 Å². The molecule has 0 atom stereocenters. The van der Waals surface area contributed by atoms with E-state index in [0.717, 1.165) is 32.0 Å². The molecule has 3 heteroatoms. The number of carbonyl (C=O) groups excluding carboxylic acids is 1. The minimum Gasteiger partial charge on any atom is -0.369 e. The molecule has 0 radical (unpaired) electrons. The topological polar surface area (TPSA) is 46.3 Å². The maximum Gasteiger partial charge on any atom is 0.220 e. The highest BCUT2D eigenvalue weighted by Crippen LogP contribution is 2.26. The van der Waals surface area contributed by atoms with Crippen LogP contribution in [-0.2, 0) is 4.79 Å². The fourth-order valence-corrected chi connectivity index (χ4v) is 3.00. The van der Waals surface area contributed by atoms with Crippen molar-refractivity contribution in [2.24, 2.45) is 11.7 Å². The van der Waals surface area contributed by atoms with Gasteiger partial charge in [-0.2, -0.15) is 0 Å². The molecule has 1 amide bonds. The van der Waals surface area contributed by atoms with Gasteiger partial charge in [0.1, 0.15) is 0 Å². The van der Waals surface area contributed by atoms with Crippen LogP contribution in [0.3, 0.4) is 0 Å². The Bertz CT molecular complexity index is 216. The monoisotopic (exact) mass is 210 g/mol. The summed E-state index contributed by atoms with van der Waals surface area (Å²) in [6.07, 6.45) is 8.87. The minimum absolute atomic E-state index is 0.0988. The van der Waals surface area contributed by atoms with E-state index in [1.807, 2.05) is 0 Å². The summed E-state index contributed by atoms with van der Waals surface area (Å²) >= 11 is 0. The molecule has 2 fully saturated rings. The maximum absolute atomic E-state index is 11.0. The average Bonchev–Trinajstić information content (AvgIpc) is 2.30. The van der Waals surface area contributed by atoms with Crippen molar-refractivity contribution in [1.29, 1.82) is 0 Å². The molecular formula is C12H22N2O. The molecule has 0 aromatic heterocycles. The number of nitrogens with two attached hydrogens (primary N) is 1. The van der Waals surface area contributed by atoms with Gasteiger partial charge in [0.25, 0.3) is 0 Å². The highest BCUT2D eigenvalue weighted by Gasteiger charge is 2.27. The van der Waals surface area contributed by atoms with E-state index in [-0.39, 0.29) is 11.8 Å². The molecule has 1 saturated carbocycles. The molecule has 86 valence electrons. The molecule has 2 N–H and O–H groups in total. The lowest BCUT2D eigenvalue weighted by molar-refractivity contribution is -0.123. The van der Waals surface area contributed by atoms with Crippen molar-refractivity contribution in [3.05, 3.63) is 0 Å². The van der Waals surface area contributed by atoms with E-state index >= 15 is 0 Å². The Morgan fingerprint density at radius 2 is 1.60 bits per heavy atom. The molecule has 0 aromatic carbocycles. The minimum atomic E-state index is -0.0988. The molecular weight excluding hydrogens is 188 g/mol. The molecule has 2 aliphatic rings. The summed E-state index contributed by atoms with van der Waals surface area (Å²) in [6.45, 7) is 2.16. The number of nitrogens with zero attached hydrogens (tertiary/aromatic N) is 1. The molecule has 1 heterocycles. The van der Waals surface area contributed by atoms with E-state index < -0.39 is 0 Å². The van der Waals surface area contributed by atoms with Crippen LogP contribution in [-0.4, -0.2) is 29.9 Å². The fraction of sp³-hybridized carbons (Fsp3) is 0.917. The molecule has 15 heavy (non-hydrogen) atoms. The van der Waals surface area contributed by atoms with Gasteiger partial charge in [0.15, 0.2) is 0 Å².